The Bertz CT molecular complexity index is 962. The summed E-state index contributed by atoms with van der Waals surface area (Å²) in [7, 11) is 7.71. The van der Waals surface area contributed by atoms with Crippen LogP contribution in [0, 0.1) is 0 Å². The second-order valence-corrected chi connectivity index (χ2v) is 9.24. The number of carbonyl (C=O) groups excluding carboxylic acids is 2. The van der Waals surface area contributed by atoms with E-state index >= 15 is 0 Å². The van der Waals surface area contributed by atoms with E-state index in [-0.39, 0.29) is 18.0 Å². The molecule has 0 bridgehead atoms. The fourth-order valence-corrected chi connectivity index (χ4v) is 4.64. The van der Waals surface area contributed by atoms with E-state index in [4.69, 9.17) is 4.98 Å². The molecule has 2 aromatic rings. The number of aromatic nitrogens is 2. The molecule has 0 radical (unpaired) electrons. The molecule has 0 saturated carbocycles. The van der Waals surface area contributed by atoms with Crippen LogP contribution in [0.3, 0.4) is 0 Å². The zero-order valence-corrected chi connectivity index (χ0v) is 19.7. The Kier molecular flexibility index (Phi) is 6.66. The number of carbonyl (C=O) groups is 2. The van der Waals surface area contributed by atoms with Gasteiger partial charge in [0.2, 0.25) is 0 Å². The van der Waals surface area contributed by atoms with Crippen molar-refractivity contribution < 1.29 is 9.59 Å². The molecule has 2 aromatic heterocycles. The van der Waals surface area contributed by atoms with Crippen molar-refractivity contribution in [2.75, 3.05) is 74.0 Å². The molecule has 2 fully saturated rings. The van der Waals surface area contributed by atoms with Gasteiger partial charge in [0.25, 0.3) is 5.91 Å². The summed E-state index contributed by atoms with van der Waals surface area (Å²) >= 11 is 0. The number of urea groups is 1. The molecular formula is C23H35N7O2. The Morgan fingerprint density at radius 3 is 2.50 bits per heavy atom. The Labute approximate surface area is 190 Å². The number of amides is 3. The van der Waals surface area contributed by atoms with Crippen molar-refractivity contribution in [2.45, 2.75) is 18.9 Å². The second-order valence-electron chi connectivity index (χ2n) is 9.24. The first-order valence-corrected chi connectivity index (χ1v) is 11.5. The number of fused-ring (bicyclic) bond motifs is 1. The predicted octanol–water partition coefficient (Wildman–Crippen LogP) is 1.47. The van der Waals surface area contributed by atoms with E-state index < -0.39 is 0 Å². The van der Waals surface area contributed by atoms with E-state index in [1.165, 1.54) is 0 Å². The summed E-state index contributed by atoms with van der Waals surface area (Å²) in [5.41, 5.74) is 1.30. The van der Waals surface area contributed by atoms with Crippen molar-refractivity contribution in [3.8, 4) is 0 Å². The van der Waals surface area contributed by atoms with Crippen molar-refractivity contribution >= 4 is 17.5 Å². The predicted molar refractivity (Wildman–Crippen MR) is 124 cm³/mol. The van der Waals surface area contributed by atoms with Crippen molar-refractivity contribution in [1.82, 2.24) is 33.9 Å². The Hall–Kier alpha value is -2.65. The molecule has 0 aliphatic carbocycles. The van der Waals surface area contributed by atoms with Crippen molar-refractivity contribution in [3.05, 3.63) is 35.9 Å². The van der Waals surface area contributed by atoms with Gasteiger partial charge in [-0.3, -0.25) is 9.69 Å². The van der Waals surface area contributed by atoms with Crippen molar-refractivity contribution in [1.29, 1.82) is 0 Å². The normalized spacial score (nSPS) is 19.8. The lowest BCUT2D eigenvalue weighted by molar-refractivity contribution is 0.0626. The third-order valence-electron chi connectivity index (χ3n) is 6.48. The van der Waals surface area contributed by atoms with Crippen molar-refractivity contribution in [2.24, 2.45) is 0 Å². The average molecular weight is 442 g/mol. The number of likely N-dealkylation sites (N-methyl/N-ethyl adjacent to an activating group) is 1. The number of hydrogen-bond acceptors (Lipinski definition) is 5. The fourth-order valence-electron chi connectivity index (χ4n) is 4.64. The van der Waals surface area contributed by atoms with Crippen LogP contribution in [0.15, 0.2) is 24.4 Å². The molecule has 0 spiro atoms. The molecule has 3 amide bonds. The lowest BCUT2D eigenvalue weighted by atomic mass is 10.2. The summed E-state index contributed by atoms with van der Waals surface area (Å²) in [5.74, 6) is 0.761. The topological polar surface area (TPSA) is 67.6 Å². The van der Waals surface area contributed by atoms with Gasteiger partial charge in [-0.2, -0.15) is 0 Å². The molecule has 4 rings (SSSR count). The molecule has 2 saturated heterocycles. The third-order valence-corrected chi connectivity index (χ3v) is 6.48. The van der Waals surface area contributed by atoms with Crippen LogP contribution in [-0.2, 0) is 0 Å². The largest absolute Gasteiger partial charge is 0.335 e. The van der Waals surface area contributed by atoms with Crippen LogP contribution in [0.4, 0.5) is 4.79 Å². The lowest BCUT2D eigenvalue weighted by Gasteiger charge is -2.34. The molecular weight excluding hydrogens is 406 g/mol. The first-order valence-electron chi connectivity index (χ1n) is 11.5. The summed E-state index contributed by atoms with van der Waals surface area (Å²) in [6.07, 6.45) is 3.74. The molecule has 2 aliphatic rings. The van der Waals surface area contributed by atoms with Crippen LogP contribution in [0.25, 0.3) is 5.52 Å². The van der Waals surface area contributed by atoms with E-state index in [2.05, 4.69) is 23.9 Å². The third kappa shape index (κ3) is 4.45. The molecule has 2 aliphatic heterocycles. The minimum absolute atomic E-state index is 0.0121. The smallest absolute Gasteiger partial charge is 0.320 e. The van der Waals surface area contributed by atoms with E-state index in [0.717, 1.165) is 50.4 Å². The molecule has 4 heterocycles. The van der Waals surface area contributed by atoms with Gasteiger partial charge in [0, 0.05) is 66.1 Å². The maximum absolute atomic E-state index is 13.5. The highest BCUT2D eigenvalue weighted by molar-refractivity contribution is 5.99. The summed E-state index contributed by atoms with van der Waals surface area (Å²) in [6, 6.07) is 5.70. The van der Waals surface area contributed by atoms with Crippen LogP contribution in [0.1, 0.15) is 35.2 Å². The maximum Gasteiger partial charge on any atom is 0.320 e. The standard InChI is InChI=1S/C23H35N7O2/c1-25(2)12-13-27-14-16-28(17-15-27)22(31)20-18-8-5-6-10-29(18)21(24-20)19-9-7-11-30(19)23(32)26(3)4/h5-6,8,10,19H,7,9,11-17H2,1-4H3. The molecule has 1 atom stereocenters. The number of hydrogen-bond donors (Lipinski definition) is 0. The highest BCUT2D eigenvalue weighted by Crippen LogP contribution is 2.33. The number of piperazine rings is 1. The average Bonchev–Trinajstić information content (AvgIpc) is 3.41. The van der Waals surface area contributed by atoms with Gasteiger partial charge in [-0.1, -0.05) is 6.07 Å². The van der Waals surface area contributed by atoms with Gasteiger partial charge in [0.1, 0.15) is 5.82 Å². The minimum atomic E-state index is -0.121. The van der Waals surface area contributed by atoms with E-state index in [9.17, 15) is 9.59 Å². The Morgan fingerprint density at radius 2 is 1.81 bits per heavy atom. The quantitative estimate of drug-likeness (QED) is 0.703. The number of rotatable bonds is 5. The van der Waals surface area contributed by atoms with Gasteiger partial charge >= 0.3 is 6.03 Å². The first kappa shape index (κ1) is 22.5. The Balaban J connectivity index is 1.56. The highest BCUT2D eigenvalue weighted by atomic mass is 16.2. The first-order chi connectivity index (χ1) is 15.4. The van der Waals surface area contributed by atoms with Crippen LogP contribution < -0.4 is 0 Å². The molecule has 9 nitrogen and oxygen atoms in total. The van der Waals surface area contributed by atoms with E-state index in [0.29, 0.717) is 25.3 Å². The number of pyridine rings is 1. The van der Waals surface area contributed by atoms with Gasteiger partial charge in [-0.05, 0) is 39.1 Å². The zero-order chi connectivity index (χ0) is 22.8. The number of imidazole rings is 1. The Morgan fingerprint density at radius 1 is 1.06 bits per heavy atom. The van der Waals surface area contributed by atoms with E-state index in [1.807, 2.05) is 38.6 Å². The second kappa shape index (κ2) is 9.46. The number of nitrogens with zero attached hydrogens (tertiary/aromatic N) is 7. The van der Waals surface area contributed by atoms with Gasteiger partial charge in [0.15, 0.2) is 5.69 Å². The molecule has 1 unspecified atom stereocenters. The molecule has 174 valence electrons. The summed E-state index contributed by atoms with van der Waals surface area (Å²) < 4.78 is 1.99. The van der Waals surface area contributed by atoms with Crippen LogP contribution in [0.2, 0.25) is 0 Å². The molecule has 0 N–H and O–H groups in total. The van der Waals surface area contributed by atoms with Gasteiger partial charge in [-0.25, -0.2) is 9.78 Å². The van der Waals surface area contributed by atoms with Crippen LogP contribution in [-0.4, -0.2) is 120 Å². The monoisotopic (exact) mass is 441 g/mol. The molecule has 32 heavy (non-hydrogen) atoms. The number of likely N-dealkylation sites (tertiary alicyclic amines) is 1. The minimum Gasteiger partial charge on any atom is -0.335 e. The van der Waals surface area contributed by atoms with Crippen LogP contribution >= 0.6 is 0 Å². The van der Waals surface area contributed by atoms with Crippen LogP contribution in [0.5, 0.6) is 0 Å². The summed E-state index contributed by atoms with van der Waals surface area (Å²) in [4.78, 5) is 41.0. The van der Waals surface area contributed by atoms with Crippen molar-refractivity contribution in [3.63, 3.8) is 0 Å². The maximum atomic E-state index is 13.5. The zero-order valence-electron chi connectivity index (χ0n) is 19.7. The SMILES string of the molecule is CN(C)CCN1CCN(C(=O)c2nc(C3CCCN3C(=O)N(C)C)n3ccccc23)CC1. The van der Waals surface area contributed by atoms with Gasteiger partial charge in [0.05, 0.1) is 11.6 Å². The lowest BCUT2D eigenvalue weighted by Crippen LogP contribution is -2.50. The fraction of sp³-hybridized carbons (Fsp3) is 0.609. The van der Waals surface area contributed by atoms with Gasteiger partial charge in [-0.15, -0.1) is 0 Å². The van der Waals surface area contributed by atoms with Gasteiger partial charge < -0.3 is 24.0 Å². The summed E-state index contributed by atoms with van der Waals surface area (Å²) in [5, 5.41) is 0. The highest BCUT2D eigenvalue weighted by Gasteiger charge is 2.35. The van der Waals surface area contributed by atoms with E-state index in [1.54, 1.807) is 19.0 Å². The molecule has 9 heteroatoms. The summed E-state index contributed by atoms with van der Waals surface area (Å²) in [6.45, 7) is 5.93. The molecule has 0 aromatic carbocycles.